The molecule has 21 heteroatoms. The second kappa shape index (κ2) is 17.1. The number of nitrogen functional groups attached to an aromatic ring is 1. The van der Waals surface area contributed by atoms with Crippen LogP contribution in [-0.2, 0) is 30.9 Å². The number of aryl methyl sites for hydroxylation is 4. The summed E-state index contributed by atoms with van der Waals surface area (Å²) in [5, 5.41) is 14.6. The molecule has 2 saturated heterocycles. The summed E-state index contributed by atoms with van der Waals surface area (Å²) in [6.45, 7) is 10.8. The fraction of sp³-hybridized carbons (Fsp3) is 0.390. The van der Waals surface area contributed by atoms with E-state index in [1.807, 2.05) is 26.0 Å². The Morgan fingerprint density at radius 3 is 2.18 bits per heavy atom. The molecule has 5 aromatic heterocycles. The molecule has 324 valence electrons. The van der Waals surface area contributed by atoms with Gasteiger partial charge in [0.2, 0.25) is 23.7 Å². The molecule has 62 heavy (non-hydrogen) atoms. The number of nitrogens with two attached hydrogens (primary N) is 3. The minimum Gasteiger partial charge on any atom is -0.490 e. The van der Waals surface area contributed by atoms with E-state index in [9.17, 15) is 19.2 Å². The quantitative estimate of drug-likeness (QED) is 0.0878. The van der Waals surface area contributed by atoms with E-state index >= 15 is 0 Å². The molecule has 2 fully saturated rings. The number of amides is 4. The van der Waals surface area contributed by atoms with Crippen LogP contribution in [-0.4, -0.2) is 111 Å². The van der Waals surface area contributed by atoms with E-state index < -0.39 is 23.6 Å². The molecule has 21 nitrogen and oxygen atoms in total. The summed E-state index contributed by atoms with van der Waals surface area (Å²) in [6.07, 6.45) is 7.15. The molecule has 4 amide bonds. The average Bonchev–Trinajstić information content (AvgIpc) is 4.02. The average molecular weight is 848 g/mol. The van der Waals surface area contributed by atoms with Crippen LogP contribution in [0, 0.1) is 13.8 Å². The van der Waals surface area contributed by atoms with Gasteiger partial charge >= 0.3 is 0 Å². The number of anilines is 3. The van der Waals surface area contributed by atoms with Crippen molar-refractivity contribution < 1.29 is 28.7 Å². The number of nitrogens with zero attached hydrogens (tertiary/aromatic N) is 10. The van der Waals surface area contributed by atoms with Crippen molar-refractivity contribution >= 4 is 63.4 Å². The van der Waals surface area contributed by atoms with Crippen molar-refractivity contribution in [3.8, 4) is 5.75 Å². The Labute approximate surface area is 355 Å². The van der Waals surface area contributed by atoms with Crippen LogP contribution in [0.4, 0.5) is 17.6 Å². The minimum absolute atomic E-state index is 0.149. The zero-order valence-corrected chi connectivity index (χ0v) is 34.9. The molecule has 0 saturated carbocycles. The third-order valence-electron chi connectivity index (χ3n) is 11.3. The smallest absolute Gasteiger partial charge is 0.278 e. The lowest BCUT2D eigenvalue weighted by Crippen LogP contribution is -2.47. The summed E-state index contributed by atoms with van der Waals surface area (Å²) >= 11 is 0. The highest BCUT2D eigenvalue weighted by molar-refractivity contribution is 6.07. The van der Waals surface area contributed by atoms with Crippen molar-refractivity contribution in [1.82, 2.24) is 48.5 Å². The van der Waals surface area contributed by atoms with Gasteiger partial charge in [0.25, 0.3) is 11.8 Å². The number of hydrogen-bond acceptors (Lipinski definition) is 13. The number of hydrogen-bond donors (Lipinski definition) is 5. The number of primary amides is 2. The third-order valence-corrected chi connectivity index (χ3v) is 11.3. The number of carbonyl (C=O) groups is 4. The molecule has 8 N–H and O–H groups in total. The zero-order valence-electron chi connectivity index (χ0n) is 34.9. The van der Waals surface area contributed by atoms with E-state index in [0.717, 1.165) is 12.8 Å². The van der Waals surface area contributed by atoms with Crippen LogP contribution >= 0.6 is 0 Å². The molecule has 8 rings (SSSR count). The summed E-state index contributed by atoms with van der Waals surface area (Å²) < 4.78 is 18.8. The first kappa shape index (κ1) is 41.6. The molecule has 2 aliphatic rings. The summed E-state index contributed by atoms with van der Waals surface area (Å²) in [5.74, 6) is -1.62. The molecule has 2 unspecified atom stereocenters. The van der Waals surface area contributed by atoms with E-state index in [1.165, 1.54) is 16.9 Å². The second-order valence-electron chi connectivity index (χ2n) is 15.3. The Balaban J connectivity index is 1.14. The van der Waals surface area contributed by atoms with Gasteiger partial charge in [-0.3, -0.25) is 48.6 Å². The first-order chi connectivity index (χ1) is 29.8. The zero-order chi connectivity index (χ0) is 43.8. The van der Waals surface area contributed by atoms with Crippen molar-refractivity contribution in [2.24, 2.45) is 11.5 Å². The number of allylic oxidation sites excluding steroid dienone is 2. The maximum Gasteiger partial charge on any atom is 0.278 e. The number of rotatable bonds is 16. The monoisotopic (exact) mass is 847 g/mol. The lowest BCUT2D eigenvalue weighted by atomic mass is 10.1. The van der Waals surface area contributed by atoms with Gasteiger partial charge in [0.1, 0.15) is 34.8 Å². The SMILES string of the molecule is CCn1nc(C)cc1C(=O)Nc1nc2cc(C(N)=O)cnc2n1C/C=C/Cn1c(NC(=O)c2c(N)c(C)nn2CC)nc2cc(C(N)=O)cc(OCCN3C4CCC3COC4)c21. The fourth-order valence-electron chi connectivity index (χ4n) is 8.23. The molecule has 2 aliphatic heterocycles. The highest BCUT2D eigenvalue weighted by Gasteiger charge is 2.37. The van der Waals surface area contributed by atoms with Crippen molar-refractivity contribution in [2.75, 3.05) is 42.7 Å². The number of aromatic nitrogens is 9. The van der Waals surface area contributed by atoms with E-state index in [0.29, 0.717) is 96.6 Å². The Kier molecular flexibility index (Phi) is 11.5. The van der Waals surface area contributed by atoms with E-state index in [2.05, 4.69) is 35.7 Å². The van der Waals surface area contributed by atoms with Gasteiger partial charge in [0.05, 0.1) is 41.4 Å². The van der Waals surface area contributed by atoms with Crippen LogP contribution in [0.3, 0.4) is 0 Å². The van der Waals surface area contributed by atoms with Gasteiger partial charge in [0.15, 0.2) is 5.65 Å². The second-order valence-corrected chi connectivity index (χ2v) is 15.3. The lowest BCUT2D eigenvalue weighted by Gasteiger charge is -2.34. The van der Waals surface area contributed by atoms with Gasteiger partial charge < -0.3 is 31.2 Å². The predicted molar refractivity (Wildman–Crippen MR) is 229 cm³/mol. The Hall–Kier alpha value is -7.13. The summed E-state index contributed by atoms with van der Waals surface area (Å²) in [4.78, 5) is 68.4. The van der Waals surface area contributed by atoms with Crippen LogP contribution in [0.25, 0.3) is 22.2 Å². The number of ether oxygens (including phenoxy) is 2. The number of nitrogens with one attached hydrogen (secondary N) is 2. The molecule has 6 aromatic rings. The van der Waals surface area contributed by atoms with Crippen molar-refractivity contribution in [1.29, 1.82) is 0 Å². The lowest BCUT2D eigenvalue weighted by molar-refractivity contribution is -0.0190. The number of pyridine rings is 1. The van der Waals surface area contributed by atoms with E-state index in [1.54, 1.807) is 45.9 Å². The van der Waals surface area contributed by atoms with Crippen LogP contribution < -0.4 is 32.6 Å². The van der Waals surface area contributed by atoms with Crippen LogP contribution in [0.5, 0.6) is 5.75 Å². The number of fused-ring (bicyclic) bond motifs is 4. The van der Waals surface area contributed by atoms with E-state index in [4.69, 9.17) is 31.7 Å². The molecule has 0 aliphatic carbocycles. The largest absolute Gasteiger partial charge is 0.490 e. The van der Waals surface area contributed by atoms with Crippen LogP contribution in [0.1, 0.15) is 79.8 Å². The van der Waals surface area contributed by atoms with Crippen LogP contribution in [0.2, 0.25) is 0 Å². The summed E-state index contributed by atoms with van der Waals surface area (Å²) in [6, 6.07) is 6.99. The molecule has 7 heterocycles. The van der Waals surface area contributed by atoms with Gasteiger partial charge in [-0.2, -0.15) is 10.2 Å². The fourth-order valence-corrected chi connectivity index (χ4v) is 8.23. The van der Waals surface area contributed by atoms with Gasteiger partial charge in [-0.1, -0.05) is 12.2 Å². The van der Waals surface area contributed by atoms with Gasteiger partial charge in [-0.15, -0.1) is 0 Å². The maximum atomic E-state index is 13.9. The Bertz CT molecular complexity index is 2750. The van der Waals surface area contributed by atoms with Crippen molar-refractivity contribution in [3.63, 3.8) is 0 Å². The first-order valence-corrected chi connectivity index (χ1v) is 20.5. The van der Waals surface area contributed by atoms with Crippen molar-refractivity contribution in [2.45, 2.75) is 78.8 Å². The molecular formula is C41H49N15O6. The Morgan fingerprint density at radius 2 is 1.48 bits per heavy atom. The third kappa shape index (κ3) is 7.94. The molecule has 0 spiro atoms. The molecule has 2 bridgehead atoms. The number of morpholine rings is 1. The summed E-state index contributed by atoms with van der Waals surface area (Å²) in [5.41, 5.74) is 21.6. The topological polar surface area (TPSA) is 276 Å². The summed E-state index contributed by atoms with van der Waals surface area (Å²) in [7, 11) is 0. The van der Waals surface area contributed by atoms with Gasteiger partial charge in [-0.25, -0.2) is 15.0 Å². The molecule has 1 aromatic carbocycles. The number of carbonyl (C=O) groups excluding carboxylic acids is 4. The number of benzene rings is 1. The van der Waals surface area contributed by atoms with E-state index in [-0.39, 0.29) is 47.5 Å². The number of imidazole rings is 2. The van der Waals surface area contributed by atoms with Crippen LogP contribution in [0.15, 0.2) is 42.6 Å². The predicted octanol–water partition coefficient (Wildman–Crippen LogP) is 2.61. The van der Waals surface area contributed by atoms with Crippen molar-refractivity contribution in [3.05, 3.63) is 76.5 Å². The molecular weight excluding hydrogens is 799 g/mol. The molecule has 0 radical (unpaired) electrons. The normalized spacial score (nSPS) is 16.5. The standard InChI is InChI=1S/C41H49N15O6/c1-5-55-30(15-22(3)50-55)38(59)48-41-47-29-17-25(36(44)58)19-45-37(29)54(41)12-8-7-11-53-33-28(46-40(53)49-39(60)34-32(42)23(4)51-56(34)6-2)16-24(35(43)57)18-31(33)62-14-13-52-26-9-10-27(52)21-61-20-26/h7-8,15-19,26-27H,5-6,9-14,20-21,42H2,1-4H3,(H2,43,57)(H2,44,58)(H,46,49,60)(H,47,48,59)/b8-7+. The first-order valence-electron chi connectivity index (χ1n) is 20.5. The maximum absolute atomic E-state index is 13.9. The van der Waals surface area contributed by atoms with Gasteiger partial charge in [0, 0.05) is 56.6 Å². The highest BCUT2D eigenvalue weighted by atomic mass is 16.5. The molecule has 2 atom stereocenters. The van der Waals surface area contributed by atoms with Gasteiger partial charge in [-0.05, 0) is 64.8 Å². The highest BCUT2D eigenvalue weighted by Crippen LogP contribution is 2.33. The Morgan fingerprint density at radius 1 is 0.839 bits per heavy atom. The minimum atomic E-state index is -0.673.